The normalized spacial score (nSPS) is 22.3. The first kappa shape index (κ1) is 16.1. The van der Waals surface area contributed by atoms with Gasteiger partial charge in [-0.05, 0) is 40.0 Å². The van der Waals surface area contributed by atoms with Gasteiger partial charge in [-0.25, -0.2) is 0 Å². The molecule has 1 aliphatic rings. The summed E-state index contributed by atoms with van der Waals surface area (Å²) in [5.74, 6) is 1.47. The Morgan fingerprint density at radius 1 is 1.38 bits per heavy atom. The second-order valence-electron chi connectivity index (χ2n) is 5.65. The number of rotatable bonds is 5. The summed E-state index contributed by atoms with van der Waals surface area (Å²) in [6.45, 7) is 10.6. The molecule has 2 unspecified atom stereocenters. The van der Waals surface area contributed by atoms with Gasteiger partial charge in [0.05, 0.1) is 5.75 Å². The SMILES string of the molecule is C=CCn1c(C)nnc1SCC(=O)N1C(C)CCCC1C. The number of piperidine rings is 1. The predicted molar refractivity (Wildman–Crippen MR) is 85.3 cm³/mol. The Labute approximate surface area is 130 Å². The zero-order chi connectivity index (χ0) is 15.4. The second kappa shape index (κ2) is 7.11. The van der Waals surface area contributed by atoms with Gasteiger partial charge in [0.1, 0.15) is 5.82 Å². The molecule has 0 aromatic carbocycles. The molecule has 0 bridgehead atoms. The second-order valence-corrected chi connectivity index (χ2v) is 6.59. The summed E-state index contributed by atoms with van der Waals surface area (Å²) in [6.07, 6.45) is 5.24. The quantitative estimate of drug-likeness (QED) is 0.620. The molecule has 1 aromatic heterocycles. The highest BCUT2D eigenvalue weighted by molar-refractivity contribution is 7.99. The van der Waals surface area contributed by atoms with E-state index in [1.165, 1.54) is 18.2 Å². The minimum atomic E-state index is 0.200. The molecule has 0 saturated carbocycles. The number of aromatic nitrogens is 3. The summed E-state index contributed by atoms with van der Waals surface area (Å²) in [7, 11) is 0. The van der Waals surface area contributed by atoms with Crippen molar-refractivity contribution in [3.05, 3.63) is 18.5 Å². The van der Waals surface area contributed by atoms with E-state index in [-0.39, 0.29) is 5.91 Å². The lowest BCUT2D eigenvalue weighted by molar-refractivity contribution is -0.134. The van der Waals surface area contributed by atoms with Crippen molar-refractivity contribution in [2.45, 2.75) is 63.8 Å². The molecular formula is C15H24N4OS. The predicted octanol–water partition coefficient (Wildman–Crippen LogP) is 2.65. The smallest absolute Gasteiger partial charge is 0.233 e. The van der Waals surface area contributed by atoms with Gasteiger partial charge in [-0.3, -0.25) is 4.79 Å². The Kier molecular flexibility index (Phi) is 5.45. The molecule has 1 saturated heterocycles. The average molecular weight is 308 g/mol. The summed E-state index contributed by atoms with van der Waals surface area (Å²) in [5, 5.41) is 9.01. The zero-order valence-electron chi connectivity index (χ0n) is 13.1. The van der Waals surface area contributed by atoms with Crippen LogP contribution in [0.3, 0.4) is 0 Å². The minimum Gasteiger partial charge on any atom is -0.337 e. The molecule has 1 aliphatic heterocycles. The van der Waals surface area contributed by atoms with Crippen LogP contribution in [-0.4, -0.2) is 43.4 Å². The number of allylic oxidation sites excluding steroid dienone is 1. The standard InChI is InChI=1S/C15H24N4OS/c1-5-9-18-13(4)16-17-15(18)21-10-14(20)19-11(2)7-6-8-12(19)3/h5,11-12H,1,6-10H2,2-4H3. The fourth-order valence-electron chi connectivity index (χ4n) is 2.92. The van der Waals surface area contributed by atoms with Gasteiger partial charge in [0.15, 0.2) is 5.16 Å². The molecule has 5 nitrogen and oxygen atoms in total. The van der Waals surface area contributed by atoms with E-state index in [9.17, 15) is 4.79 Å². The van der Waals surface area contributed by atoms with Gasteiger partial charge in [0, 0.05) is 18.6 Å². The van der Waals surface area contributed by atoms with Gasteiger partial charge < -0.3 is 9.47 Å². The largest absolute Gasteiger partial charge is 0.337 e. The van der Waals surface area contributed by atoms with E-state index < -0.39 is 0 Å². The summed E-state index contributed by atoms with van der Waals surface area (Å²) < 4.78 is 1.98. The number of amides is 1. The first-order valence-electron chi connectivity index (χ1n) is 7.49. The minimum absolute atomic E-state index is 0.200. The molecule has 6 heteroatoms. The van der Waals surface area contributed by atoms with E-state index in [0.29, 0.717) is 24.4 Å². The molecule has 0 spiro atoms. The van der Waals surface area contributed by atoms with Crippen LogP contribution in [-0.2, 0) is 11.3 Å². The van der Waals surface area contributed by atoms with E-state index in [1.807, 2.05) is 22.5 Å². The van der Waals surface area contributed by atoms with Crippen LogP contribution in [0.4, 0.5) is 0 Å². The summed E-state index contributed by atoms with van der Waals surface area (Å²) >= 11 is 1.46. The Morgan fingerprint density at radius 3 is 2.67 bits per heavy atom. The van der Waals surface area contributed by atoms with Crippen molar-refractivity contribution >= 4 is 17.7 Å². The molecule has 0 radical (unpaired) electrons. The van der Waals surface area contributed by atoms with Crippen molar-refractivity contribution in [1.82, 2.24) is 19.7 Å². The lowest BCUT2D eigenvalue weighted by Gasteiger charge is -2.39. The van der Waals surface area contributed by atoms with Crippen LogP contribution >= 0.6 is 11.8 Å². The molecular weight excluding hydrogens is 284 g/mol. The van der Waals surface area contributed by atoms with Crippen molar-refractivity contribution in [3.63, 3.8) is 0 Å². The maximum atomic E-state index is 12.5. The highest BCUT2D eigenvalue weighted by atomic mass is 32.2. The van der Waals surface area contributed by atoms with E-state index in [1.54, 1.807) is 0 Å². The number of carbonyl (C=O) groups is 1. The van der Waals surface area contributed by atoms with Crippen LogP contribution in [0.2, 0.25) is 0 Å². The van der Waals surface area contributed by atoms with Gasteiger partial charge in [0.25, 0.3) is 0 Å². The third-order valence-electron chi connectivity index (χ3n) is 4.02. The van der Waals surface area contributed by atoms with Gasteiger partial charge >= 0.3 is 0 Å². The van der Waals surface area contributed by atoms with Gasteiger partial charge in [-0.15, -0.1) is 16.8 Å². The Bertz CT molecular complexity index is 504. The molecule has 1 fully saturated rings. The van der Waals surface area contributed by atoms with Crippen molar-refractivity contribution in [3.8, 4) is 0 Å². The number of hydrogen-bond donors (Lipinski definition) is 0. The van der Waals surface area contributed by atoms with E-state index in [4.69, 9.17) is 0 Å². The fraction of sp³-hybridized carbons (Fsp3) is 0.667. The van der Waals surface area contributed by atoms with E-state index in [2.05, 4.69) is 30.6 Å². The van der Waals surface area contributed by atoms with Crippen LogP contribution in [0.5, 0.6) is 0 Å². The third kappa shape index (κ3) is 3.67. The number of thioether (sulfide) groups is 1. The maximum absolute atomic E-state index is 12.5. The fourth-order valence-corrected chi connectivity index (χ4v) is 3.78. The van der Waals surface area contributed by atoms with Crippen molar-refractivity contribution in [2.24, 2.45) is 0 Å². The number of carbonyl (C=O) groups excluding carboxylic acids is 1. The molecule has 1 amide bonds. The van der Waals surface area contributed by atoms with Crippen LogP contribution in [0.1, 0.15) is 38.9 Å². The van der Waals surface area contributed by atoms with Crippen LogP contribution < -0.4 is 0 Å². The number of aryl methyl sites for hydroxylation is 1. The van der Waals surface area contributed by atoms with E-state index >= 15 is 0 Å². The van der Waals surface area contributed by atoms with Crippen molar-refractivity contribution < 1.29 is 4.79 Å². The number of nitrogens with zero attached hydrogens (tertiary/aromatic N) is 4. The maximum Gasteiger partial charge on any atom is 0.233 e. The Morgan fingerprint density at radius 2 is 2.05 bits per heavy atom. The van der Waals surface area contributed by atoms with E-state index in [0.717, 1.165) is 23.8 Å². The Balaban J connectivity index is 1.99. The number of likely N-dealkylation sites (tertiary alicyclic amines) is 1. The van der Waals surface area contributed by atoms with Crippen LogP contribution in [0, 0.1) is 6.92 Å². The zero-order valence-corrected chi connectivity index (χ0v) is 13.9. The van der Waals surface area contributed by atoms with Crippen LogP contribution in [0.15, 0.2) is 17.8 Å². The van der Waals surface area contributed by atoms with Gasteiger partial charge in [-0.1, -0.05) is 17.8 Å². The first-order valence-corrected chi connectivity index (χ1v) is 8.47. The topological polar surface area (TPSA) is 51.0 Å². The van der Waals surface area contributed by atoms with Gasteiger partial charge in [-0.2, -0.15) is 0 Å². The molecule has 2 atom stereocenters. The monoisotopic (exact) mass is 308 g/mol. The first-order chi connectivity index (χ1) is 10.0. The molecule has 0 aliphatic carbocycles. The summed E-state index contributed by atoms with van der Waals surface area (Å²) in [4.78, 5) is 14.5. The average Bonchev–Trinajstić information content (AvgIpc) is 2.78. The van der Waals surface area contributed by atoms with Crippen LogP contribution in [0.25, 0.3) is 0 Å². The summed E-state index contributed by atoms with van der Waals surface area (Å²) in [5.41, 5.74) is 0. The highest BCUT2D eigenvalue weighted by Gasteiger charge is 2.28. The summed E-state index contributed by atoms with van der Waals surface area (Å²) in [6, 6.07) is 0.685. The van der Waals surface area contributed by atoms with Gasteiger partial charge in [0.2, 0.25) is 5.91 Å². The molecule has 116 valence electrons. The Hall–Kier alpha value is -1.30. The molecule has 0 N–H and O–H groups in total. The van der Waals surface area contributed by atoms with Crippen molar-refractivity contribution in [1.29, 1.82) is 0 Å². The molecule has 21 heavy (non-hydrogen) atoms. The number of hydrogen-bond acceptors (Lipinski definition) is 4. The van der Waals surface area contributed by atoms with Crippen molar-refractivity contribution in [2.75, 3.05) is 5.75 Å². The third-order valence-corrected chi connectivity index (χ3v) is 4.97. The molecule has 1 aromatic rings. The molecule has 2 rings (SSSR count). The highest BCUT2D eigenvalue weighted by Crippen LogP contribution is 2.25. The lowest BCUT2D eigenvalue weighted by Crippen LogP contribution is -2.48. The lowest BCUT2D eigenvalue weighted by atomic mass is 9.98. The molecule has 2 heterocycles.